The lowest BCUT2D eigenvalue weighted by Gasteiger charge is -2.32. The summed E-state index contributed by atoms with van der Waals surface area (Å²) in [4.78, 5) is 74.6. The van der Waals surface area contributed by atoms with Gasteiger partial charge in [0.25, 0.3) is 21.8 Å². The molecule has 3 aromatic carbocycles. The lowest BCUT2D eigenvalue weighted by molar-refractivity contribution is -0.136. The molecule has 3 saturated heterocycles. The number of imide groups is 2. The zero-order valence-electron chi connectivity index (χ0n) is 38.9. The van der Waals surface area contributed by atoms with Crippen LogP contribution in [0, 0.1) is 11.7 Å². The Hall–Kier alpha value is -7.82. The predicted molar refractivity (Wildman–Crippen MR) is 256 cm³/mol. The lowest BCUT2D eigenvalue weighted by atomic mass is 10.0. The molecule has 23 heteroatoms. The van der Waals surface area contributed by atoms with Crippen LogP contribution >= 0.6 is 0 Å². The summed E-state index contributed by atoms with van der Waals surface area (Å²) in [7, 11) is -3.36. The van der Waals surface area contributed by atoms with Gasteiger partial charge in [0, 0.05) is 75.2 Å². The molecule has 4 aliphatic rings. The number of halogens is 3. The van der Waals surface area contributed by atoms with Crippen LogP contribution in [0.3, 0.4) is 0 Å². The zero-order valence-corrected chi connectivity index (χ0v) is 39.7. The molecule has 3 fully saturated rings. The number of aryl methyl sites for hydroxylation is 1. The van der Waals surface area contributed by atoms with Crippen molar-refractivity contribution >= 4 is 67.7 Å². The van der Waals surface area contributed by atoms with Gasteiger partial charge in [0.1, 0.15) is 35.2 Å². The highest BCUT2D eigenvalue weighted by atomic mass is 32.2. The van der Waals surface area contributed by atoms with Gasteiger partial charge in [-0.1, -0.05) is 24.3 Å². The van der Waals surface area contributed by atoms with Gasteiger partial charge in [0.15, 0.2) is 0 Å². The van der Waals surface area contributed by atoms with Gasteiger partial charge in [-0.15, -0.1) is 0 Å². The molecule has 3 aromatic heterocycles. The van der Waals surface area contributed by atoms with Crippen LogP contribution in [0.5, 0.6) is 5.75 Å². The number of anilines is 3. The second kappa shape index (κ2) is 18.7. The SMILES string of the molecule is C[C@H](Oc1cc(-c2nn(C)c3c(-c4cnn(C5CCN(C(=O)CC6CCN(c7cccc8c7C(=O)N(C7CCC(=O)NC7=O)C8=O)C6)CC5)c4)cnc(N)c23)ccc1NS(=O)(=O)C(F)F)c1ccc(F)cc1. The number of nitrogens with two attached hydrogens (primary N) is 1. The summed E-state index contributed by atoms with van der Waals surface area (Å²) in [6.07, 6.45) is 6.90. The number of carbonyl (C=O) groups is 5. The smallest absolute Gasteiger partial charge is 0.355 e. The molecule has 4 N–H and O–H groups in total. The van der Waals surface area contributed by atoms with Crippen molar-refractivity contribution < 1.29 is 50.3 Å². The van der Waals surface area contributed by atoms with Gasteiger partial charge in [-0.05, 0) is 80.5 Å². The molecule has 3 atom stereocenters. The first kappa shape index (κ1) is 47.8. The van der Waals surface area contributed by atoms with E-state index in [1.807, 2.05) is 25.4 Å². The maximum atomic E-state index is 13.7. The first-order valence-corrected chi connectivity index (χ1v) is 24.9. The molecule has 0 spiro atoms. The van der Waals surface area contributed by atoms with Gasteiger partial charge >= 0.3 is 5.76 Å². The number of nitrogen functional groups attached to an aromatic ring is 1. The zero-order chi connectivity index (χ0) is 50.7. The molecule has 10 rings (SSSR count). The third kappa shape index (κ3) is 8.85. The highest BCUT2D eigenvalue weighted by Crippen LogP contribution is 2.42. The van der Waals surface area contributed by atoms with E-state index in [9.17, 15) is 45.6 Å². The Kier molecular flexibility index (Phi) is 12.4. The number of rotatable bonds is 13. The third-order valence-electron chi connectivity index (χ3n) is 13.9. The molecule has 0 bridgehead atoms. The molecule has 6 aromatic rings. The Bertz CT molecular complexity index is 3300. The Balaban J connectivity index is 0.807. The summed E-state index contributed by atoms with van der Waals surface area (Å²) >= 11 is 0. The molecule has 19 nitrogen and oxygen atoms in total. The van der Waals surface area contributed by atoms with Crippen molar-refractivity contribution in [1.29, 1.82) is 0 Å². The number of nitrogens with one attached hydrogen (secondary N) is 2. The fourth-order valence-corrected chi connectivity index (χ4v) is 10.8. The minimum atomic E-state index is -5.09. The number of amides is 5. The third-order valence-corrected chi connectivity index (χ3v) is 14.9. The number of aromatic nitrogens is 5. The van der Waals surface area contributed by atoms with Crippen molar-refractivity contribution in [2.45, 2.75) is 69.4 Å². The number of ether oxygens (including phenoxy) is 1. The van der Waals surface area contributed by atoms with Crippen LogP contribution in [0.4, 0.5) is 30.4 Å². The Labute approximate surface area is 410 Å². The van der Waals surface area contributed by atoms with Gasteiger partial charge in [-0.25, -0.2) is 17.8 Å². The molecule has 5 amide bonds. The molecule has 72 heavy (non-hydrogen) atoms. The molecule has 2 unspecified atom stereocenters. The number of alkyl halides is 2. The number of sulfonamides is 1. The van der Waals surface area contributed by atoms with Crippen molar-refractivity contribution in [2.75, 3.05) is 41.5 Å². The van der Waals surface area contributed by atoms with Crippen molar-refractivity contribution in [3.63, 3.8) is 0 Å². The quantitative estimate of drug-likeness (QED) is 0.116. The van der Waals surface area contributed by atoms with Crippen LogP contribution in [0.25, 0.3) is 33.3 Å². The maximum absolute atomic E-state index is 13.7. The Morgan fingerprint density at radius 3 is 2.44 bits per heavy atom. The number of fused-ring (bicyclic) bond motifs is 2. The molecular formula is C49H48F3N11O8S. The topological polar surface area (TPSA) is 237 Å². The molecule has 4 aliphatic heterocycles. The minimum Gasteiger partial charge on any atom is -0.484 e. The van der Waals surface area contributed by atoms with E-state index in [0.717, 1.165) is 10.5 Å². The van der Waals surface area contributed by atoms with E-state index < -0.39 is 57.4 Å². The lowest BCUT2D eigenvalue weighted by Crippen LogP contribution is -2.54. The number of likely N-dealkylation sites (tertiary alicyclic amines) is 1. The van der Waals surface area contributed by atoms with Crippen LogP contribution in [-0.4, -0.2) is 110 Å². The Morgan fingerprint density at radius 1 is 0.944 bits per heavy atom. The van der Waals surface area contributed by atoms with E-state index in [4.69, 9.17) is 20.7 Å². The van der Waals surface area contributed by atoms with Crippen LogP contribution in [0.1, 0.15) is 83.9 Å². The van der Waals surface area contributed by atoms with Gasteiger partial charge in [0.05, 0.1) is 45.6 Å². The summed E-state index contributed by atoms with van der Waals surface area (Å²) < 4.78 is 76.8. The van der Waals surface area contributed by atoms with E-state index in [-0.39, 0.29) is 59.1 Å². The van der Waals surface area contributed by atoms with Gasteiger partial charge < -0.3 is 20.3 Å². The van der Waals surface area contributed by atoms with E-state index in [1.165, 1.54) is 42.5 Å². The highest BCUT2D eigenvalue weighted by molar-refractivity contribution is 7.93. The summed E-state index contributed by atoms with van der Waals surface area (Å²) in [5.74, 6) is -6.35. The maximum Gasteiger partial charge on any atom is 0.355 e. The molecule has 0 saturated carbocycles. The van der Waals surface area contributed by atoms with Crippen LogP contribution in [0.15, 0.2) is 79.3 Å². The van der Waals surface area contributed by atoms with Crippen molar-refractivity contribution in [3.05, 3.63) is 102 Å². The molecule has 0 radical (unpaired) electrons. The fourth-order valence-electron chi connectivity index (χ4n) is 10.2. The highest BCUT2D eigenvalue weighted by Gasteiger charge is 2.46. The van der Waals surface area contributed by atoms with Crippen molar-refractivity contribution in [3.8, 4) is 28.1 Å². The fraction of sp³-hybridized carbons (Fsp3) is 0.347. The number of hydrogen-bond acceptors (Lipinski definition) is 13. The number of piperidine rings is 2. The average Bonchev–Trinajstić information content (AvgIpc) is 4.16. The summed E-state index contributed by atoms with van der Waals surface area (Å²) in [6.45, 7) is 3.76. The first-order valence-electron chi connectivity index (χ1n) is 23.3. The van der Waals surface area contributed by atoms with E-state index >= 15 is 0 Å². The van der Waals surface area contributed by atoms with Crippen LogP contribution < -0.4 is 25.4 Å². The van der Waals surface area contributed by atoms with E-state index in [0.29, 0.717) is 90.8 Å². The van der Waals surface area contributed by atoms with Crippen molar-refractivity contribution in [1.82, 2.24) is 39.7 Å². The number of carbonyl (C=O) groups excluding carboxylic acids is 5. The molecular weight excluding hydrogens is 960 g/mol. The number of hydrogen-bond donors (Lipinski definition) is 3. The normalized spacial score (nSPS) is 19.1. The summed E-state index contributed by atoms with van der Waals surface area (Å²) in [5, 5.41) is 12.2. The minimum absolute atomic E-state index is 0.0103. The summed E-state index contributed by atoms with van der Waals surface area (Å²) in [6, 6.07) is 13.7. The standard InChI is InChI=1S/C49H48F3N11O8S/c1-26(28-6-9-31(50)10-7-28)71-38-21-29(8-11-35(38)58-72(69,70)49(51)52)43-42-44(59(2)57-43)34(23-54-45(42)53)30-22-55-62(25-30)32-15-18-60(19-16-32)40(65)20-27-14-17-61(24-27)36-5-3-4-33-41(36)48(68)63(47(33)67)37-12-13-39(64)56-46(37)66/h3-11,21-23,25-27,32,37,49,58H,12-20,24H2,1-2H3,(H2,53,54)(H,56,64,66)/t26-,27?,37?/m0/s1. The van der Waals surface area contributed by atoms with E-state index in [2.05, 4.69) is 10.3 Å². The second-order valence-electron chi connectivity index (χ2n) is 18.5. The number of benzene rings is 3. The molecule has 374 valence electrons. The monoisotopic (exact) mass is 1010 g/mol. The number of pyridine rings is 1. The van der Waals surface area contributed by atoms with Gasteiger partial charge in [-0.2, -0.15) is 19.0 Å². The first-order chi connectivity index (χ1) is 34.4. The van der Waals surface area contributed by atoms with Crippen LogP contribution in [0.2, 0.25) is 0 Å². The van der Waals surface area contributed by atoms with Gasteiger partial charge in [-0.3, -0.25) is 48.3 Å². The average molecular weight is 1010 g/mol. The number of nitrogens with zero attached hydrogens (tertiary/aromatic N) is 8. The molecule has 7 heterocycles. The van der Waals surface area contributed by atoms with Crippen molar-refractivity contribution in [2.24, 2.45) is 13.0 Å². The Morgan fingerprint density at radius 2 is 1.71 bits per heavy atom. The molecule has 0 aliphatic carbocycles. The second-order valence-corrected chi connectivity index (χ2v) is 20.1. The largest absolute Gasteiger partial charge is 0.484 e. The summed E-state index contributed by atoms with van der Waals surface area (Å²) in [5.41, 5.74) is 10.6. The van der Waals surface area contributed by atoms with Gasteiger partial charge in [0.2, 0.25) is 17.7 Å². The predicted octanol–water partition coefficient (Wildman–Crippen LogP) is 5.81. The van der Waals surface area contributed by atoms with Crippen LogP contribution in [-0.2, 0) is 31.5 Å². The van der Waals surface area contributed by atoms with E-state index in [1.54, 1.807) is 49.2 Å².